The van der Waals surface area contributed by atoms with E-state index in [9.17, 15) is 5.26 Å². The van der Waals surface area contributed by atoms with Gasteiger partial charge in [0.05, 0.1) is 23.1 Å². The lowest BCUT2D eigenvalue weighted by Gasteiger charge is -2.33. The molecule has 2 aliphatic heterocycles. The van der Waals surface area contributed by atoms with Crippen molar-refractivity contribution < 1.29 is 6.16 Å². The second-order valence-corrected chi connectivity index (χ2v) is 9.53. The highest BCUT2D eigenvalue weighted by Gasteiger charge is 2.20. The monoisotopic (exact) mass is 486 g/mol. The lowest BCUT2D eigenvalue weighted by atomic mass is 10.1. The van der Waals surface area contributed by atoms with Gasteiger partial charge in [-0.1, -0.05) is 0 Å². The molecule has 3 aromatic rings. The molecule has 0 unspecified atom stereocenters. The summed E-state index contributed by atoms with van der Waals surface area (Å²) < 4.78 is 6.17. The van der Waals surface area contributed by atoms with E-state index in [4.69, 9.17) is 4.74 Å². The number of pyridine rings is 1. The molecule has 188 valence electrons. The number of nitrogens with zero attached hydrogens (tertiary/aromatic N) is 7. The zero-order chi connectivity index (χ0) is 24.9. The van der Waals surface area contributed by atoms with Crippen LogP contribution in [0.15, 0.2) is 48.8 Å². The summed E-state index contributed by atoms with van der Waals surface area (Å²) in [5.74, 6) is 1.77. The van der Waals surface area contributed by atoms with Gasteiger partial charge >= 0.3 is 0 Å². The van der Waals surface area contributed by atoms with Gasteiger partial charge in [0.2, 0.25) is 5.95 Å². The van der Waals surface area contributed by atoms with E-state index >= 15 is 0 Å². The first-order valence-corrected chi connectivity index (χ1v) is 12.5. The predicted octanol–water partition coefficient (Wildman–Crippen LogP) is 3.62. The van der Waals surface area contributed by atoms with E-state index in [-0.39, 0.29) is 7.53 Å². The Bertz CT molecular complexity index is 1220. The normalized spacial score (nSPS) is 17.5. The number of nitrogens with one attached hydrogen (secondary N) is 1. The summed E-state index contributed by atoms with van der Waals surface area (Å²) in [4.78, 5) is 20.5. The van der Waals surface area contributed by atoms with E-state index in [2.05, 4.69) is 61.2 Å². The summed E-state index contributed by atoms with van der Waals surface area (Å²) in [5.41, 5.74) is 3.20. The summed E-state index contributed by atoms with van der Waals surface area (Å²) in [6.07, 6.45) is 5.67. The number of ether oxygens (including phenoxy) is 1. The topological polar surface area (TPSA) is 93.4 Å². The molecule has 2 aliphatic rings. The maximum Gasteiger partial charge on any atom is 0.228 e. The fourth-order valence-corrected chi connectivity index (χ4v) is 4.57. The van der Waals surface area contributed by atoms with Gasteiger partial charge in [0.1, 0.15) is 23.7 Å². The highest BCUT2D eigenvalue weighted by molar-refractivity contribution is 5.65. The molecule has 0 radical (unpaired) electrons. The van der Waals surface area contributed by atoms with Gasteiger partial charge in [0.15, 0.2) is 0 Å². The molecule has 5 rings (SSSR count). The van der Waals surface area contributed by atoms with Crippen LogP contribution in [-0.2, 0) is 0 Å². The van der Waals surface area contributed by atoms with Crippen LogP contribution in [0.25, 0.3) is 11.3 Å². The fraction of sp³-hybridized carbons (Fsp3) is 0.407. The molecule has 9 nitrogen and oxygen atoms in total. The summed E-state index contributed by atoms with van der Waals surface area (Å²) in [6.45, 7) is 6.13. The largest absolute Gasteiger partial charge is 0.489 e. The van der Waals surface area contributed by atoms with E-state index in [1.165, 1.54) is 0 Å². The number of nitriles is 1. The second-order valence-electron chi connectivity index (χ2n) is 9.53. The standard InChI is InChI=1S/C27H32N8O.H2/c1-33-11-8-23(9-12-33)36-25-5-3-20(17-21(25)18-28)24-7-10-29-27(31-24)32-26-6-4-22(19-30-26)35-15-13-34(2)14-16-35;/h3-7,10,17,19,23H,8-9,11-16H2,1-2H3,(H,29,30,31,32);1H. The summed E-state index contributed by atoms with van der Waals surface area (Å²) >= 11 is 0. The number of piperazine rings is 1. The van der Waals surface area contributed by atoms with Crippen LogP contribution in [0, 0.1) is 11.3 Å². The number of rotatable bonds is 6. The Morgan fingerprint density at radius 2 is 1.75 bits per heavy atom. The van der Waals surface area contributed by atoms with Crippen LogP contribution in [0.1, 0.15) is 19.8 Å². The summed E-state index contributed by atoms with van der Waals surface area (Å²) in [5, 5.41) is 12.9. The lowest BCUT2D eigenvalue weighted by molar-refractivity contribution is 0.114. The van der Waals surface area contributed by atoms with Gasteiger partial charge in [-0.2, -0.15) is 5.26 Å². The molecule has 1 aromatic carbocycles. The van der Waals surface area contributed by atoms with Crippen molar-refractivity contribution in [2.45, 2.75) is 18.9 Å². The molecular weight excluding hydrogens is 452 g/mol. The van der Waals surface area contributed by atoms with Gasteiger partial charge in [-0.05, 0) is 63.3 Å². The average Bonchev–Trinajstić information content (AvgIpc) is 2.91. The maximum absolute atomic E-state index is 9.74. The molecule has 0 spiro atoms. The Kier molecular flexibility index (Phi) is 7.26. The fourth-order valence-electron chi connectivity index (χ4n) is 4.57. The minimum absolute atomic E-state index is 0. The van der Waals surface area contributed by atoms with Crippen molar-refractivity contribution in [2.75, 3.05) is 63.6 Å². The van der Waals surface area contributed by atoms with Crippen LogP contribution in [0.5, 0.6) is 5.75 Å². The van der Waals surface area contributed by atoms with E-state index in [0.717, 1.165) is 69.1 Å². The number of likely N-dealkylation sites (tertiary alicyclic amines) is 1. The Morgan fingerprint density at radius 3 is 2.47 bits per heavy atom. The van der Waals surface area contributed by atoms with E-state index in [0.29, 0.717) is 23.1 Å². The van der Waals surface area contributed by atoms with Gasteiger partial charge in [-0.25, -0.2) is 15.0 Å². The molecule has 0 amide bonds. The molecule has 9 heteroatoms. The number of benzene rings is 1. The molecule has 0 aliphatic carbocycles. The summed E-state index contributed by atoms with van der Waals surface area (Å²) in [7, 11) is 4.27. The SMILES string of the molecule is CN1CCC(Oc2ccc(-c3ccnc(Nc4ccc(N5CCN(C)CC5)cn4)n3)cc2C#N)CC1.[HH]. The van der Waals surface area contributed by atoms with Crippen molar-refractivity contribution >= 4 is 17.5 Å². The lowest BCUT2D eigenvalue weighted by Crippen LogP contribution is -2.44. The van der Waals surface area contributed by atoms with Gasteiger partial charge in [-0.15, -0.1) is 0 Å². The highest BCUT2D eigenvalue weighted by atomic mass is 16.5. The number of hydrogen-bond donors (Lipinski definition) is 1. The van der Waals surface area contributed by atoms with Crippen LogP contribution in [-0.4, -0.2) is 84.2 Å². The first-order chi connectivity index (χ1) is 17.6. The molecule has 0 bridgehead atoms. The molecule has 2 aromatic heterocycles. The van der Waals surface area contributed by atoms with Gasteiger partial charge in [0.25, 0.3) is 0 Å². The van der Waals surface area contributed by atoms with Gasteiger partial charge < -0.3 is 24.8 Å². The summed E-state index contributed by atoms with van der Waals surface area (Å²) in [6, 6.07) is 13.8. The molecule has 36 heavy (non-hydrogen) atoms. The minimum Gasteiger partial charge on any atom is -0.489 e. The number of likely N-dealkylation sites (N-methyl/N-ethyl adjacent to an activating group) is 1. The van der Waals surface area contributed by atoms with Crippen LogP contribution >= 0.6 is 0 Å². The zero-order valence-corrected chi connectivity index (χ0v) is 20.9. The molecule has 1 N–H and O–H groups in total. The van der Waals surface area contributed by atoms with Crippen LogP contribution in [0.2, 0.25) is 0 Å². The first-order valence-electron chi connectivity index (χ1n) is 12.5. The van der Waals surface area contributed by atoms with E-state index in [1.807, 2.05) is 36.5 Å². The minimum atomic E-state index is 0. The molecular formula is C27H34N8O. The average molecular weight is 487 g/mol. The smallest absolute Gasteiger partial charge is 0.228 e. The number of anilines is 3. The third-order valence-corrected chi connectivity index (χ3v) is 6.87. The van der Waals surface area contributed by atoms with Crippen LogP contribution < -0.4 is 15.0 Å². The first kappa shape index (κ1) is 24.0. The Balaban J connectivity index is 0.00000320. The van der Waals surface area contributed by atoms with E-state index < -0.39 is 0 Å². The molecule has 4 heterocycles. The number of hydrogen-bond acceptors (Lipinski definition) is 9. The van der Waals surface area contributed by atoms with Crippen molar-refractivity contribution in [3.8, 4) is 23.1 Å². The van der Waals surface area contributed by atoms with Crippen molar-refractivity contribution in [1.29, 1.82) is 5.26 Å². The maximum atomic E-state index is 9.74. The molecule has 2 saturated heterocycles. The van der Waals surface area contributed by atoms with Crippen molar-refractivity contribution in [1.82, 2.24) is 24.8 Å². The number of aromatic nitrogens is 3. The second kappa shape index (κ2) is 10.9. The van der Waals surface area contributed by atoms with Crippen molar-refractivity contribution in [2.24, 2.45) is 0 Å². The molecule has 0 atom stereocenters. The number of piperidine rings is 1. The Morgan fingerprint density at radius 1 is 0.972 bits per heavy atom. The van der Waals surface area contributed by atoms with Crippen molar-refractivity contribution in [3.63, 3.8) is 0 Å². The molecule has 2 fully saturated rings. The Labute approximate surface area is 213 Å². The van der Waals surface area contributed by atoms with E-state index in [1.54, 1.807) is 6.20 Å². The predicted molar refractivity (Wildman–Crippen MR) is 143 cm³/mol. The molecule has 0 saturated carbocycles. The third-order valence-electron chi connectivity index (χ3n) is 6.87. The van der Waals surface area contributed by atoms with Crippen LogP contribution in [0.3, 0.4) is 0 Å². The van der Waals surface area contributed by atoms with Crippen molar-refractivity contribution in [3.05, 3.63) is 54.4 Å². The van der Waals surface area contributed by atoms with Crippen LogP contribution in [0.4, 0.5) is 17.5 Å². The zero-order valence-electron chi connectivity index (χ0n) is 20.9. The quantitative estimate of drug-likeness (QED) is 0.561. The third kappa shape index (κ3) is 5.73. The van der Waals surface area contributed by atoms with Gasteiger partial charge in [0, 0.05) is 52.5 Å². The highest BCUT2D eigenvalue weighted by Crippen LogP contribution is 2.28. The van der Waals surface area contributed by atoms with Gasteiger partial charge in [-0.3, -0.25) is 0 Å². The Hall–Kier alpha value is -3.74.